The Kier molecular flexibility index (Phi) is 5.21. The summed E-state index contributed by atoms with van der Waals surface area (Å²) < 4.78 is 1.60. The Bertz CT molecular complexity index is 422. The number of hydrogen-bond donors (Lipinski definition) is 2. The van der Waals surface area contributed by atoms with Crippen LogP contribution in [0.3, 0.4) is 0 Å². The zero-order valence-corrected chi connectivity index (χ0v) is 12.0. The number of nitrogens with one attached hydrogen (secondary N) is 1. The van der Waals surface area contributed by atoms with Crippen LogP contribution in [-0.2, 0) is 6.54 Å². The number of carbonyl (C=O) groups is 1. The molecule has 0 aliphatic heterocycles. The normalized spacial score (nSPS) is 22.6. The molecule has 1 saturated carbocycles. The Morgan fingerprint density at radius 1 is 1.63 bits per heavy atom. The van der Waals surface area contributed by atoms with Gasteiger partial charge in [-0.2, -0.15) is 11.8 Å². The van der Waals surface area contributed by atoms with Crippen LogP contribution in [0.2, 0.25) is 0 Å². The third-order valence-electron chi connectivity index (χ3n) is 3.25. The smallest absolute Gasteiger partial charge is 0.273 e. The summed E-state index contributed by atoms with van der Waals surface area (Å²) in [5, 5.41) is 11.5. The minimum atomic E-state index is -0.129. The molecule has 0 aromatic carbocycles. The van der Waals surface area contributed by atoms with Crippen molar-refractivity contribution in [1.29, 1.82) is 0 Å². The molecule has 1 aromatic rings. The van der Waals surface area contributed by atoms with Crippen LogP contribution >= 0.6 is 11.8 Å². The van der Waals surface area contributed by atoms with Gasteiger partial charge < -0.3 is 11.1 Å². The molecule has 0 bridgehead atoms. The van der Waals surface area contributed by atoms with Gasteiger partial charge in [0.2, 0.25) is 0 Å². The lowest BCUT2D eigenvalue weighted by Gasteiger charge is -2.11. The van der Waals surface area contributed by atoms with E-state index < -0.39 is 0 Å². The van der Waals surface area contributed by atoms with Crippen LogP contribution < -0.4 is 11.1 Å². The first-order valence-electron chi connectivity index (χ1n) is 6.75. The lowest BCUT2D eigenvalue weighted by atomic mass is 10.2. The molecular weight excluding hydrogens is 262 g/mol. The fourth-order valence-corrected chi connectivity index (χ4v) is 3.50. The van der Waals surface area contributed by atoms with Crippen molar-refractivity contribution in [2.75, 3.05) is 12.3 Å². The van der Waals surface area contributed by atoms with Crippen molar-refractivity contribution in [3.63, 3.8) is 0 Å². The molecule has 0 saturated heterocycles. The van der Waals surface area contributed by atoms with Gasteiger partial charge in [0.25, 0.3) is 5.91 Å². The Hall–Kier alpha value is -1.08. The van der Waals surface area contributed by atoms with Crippen molar-refractivity contribution >= 4 is 17.7 Å². The molecule has 6 nitrogen and oxygen atoms in total. The van der Waals surface area contributed by atoms with E-state index in [9.17, 15) is 4.79 Å². The van der Waals surface area contributed by atoms with Gasteiger partial charge in [0.1, 0.15) is 0 Å². The Labute approximate surface area is 117 Å². The zero-order valence-electron chi connectivity index (χ0n) is 11.2. The van der Waals surface area contributed by atoms with Crippen molar-refractivity contribution in [3.05, 3.63) is 11.9 Å². The van der Waals surface area contributed by atoms with E-state index in [-0.39, 0.29) is 11.9 Å². The van der Waals surface area contributed by atoms with Gasteiger partial charge in [-0.15, -0.1) is 5.10 Å². The standard InChI is InChI=1S/C12H21N5OS/c1-2-19-10-4-3-9(7-10)14-12(18)11-8-17(6-5-13)16-15-11/h8-10H,2-7,13H2,1H3,(H,14,18). The molecule has 0 radical (unpaired) electrons. The van der Waals surface area contributed by atoms with Gasteiger partial charge in [0, 0.05) is 17.8 Å². The van der Waals surface area contributed by atoms with Gasteiger partial charge in [-0.25, -0.2) is 0 Å². The molecule has 0 spiro atoms. The Morgan fingerprint density at radius 2 is 2.47 bits per heavy atom. The SMILES string of the molecule is CCSC1CCC(NC(=O)c2cn(CCN)nn2)C1. The molecule has 3 N–H and O–H groups in total. The fourth-order valence-electron chi connectivity index (χ4n) is 2.36. The minimum Gasteiger partial charge on any atom is -0.348 e. The molecule has 2 unspecified atom stereocenters. The summed E-state index contributed by atoms with van der Waals surface area (Å²) in [6.07, 6.45) is 4.94. The second-order valence-corrected chi connectivity index (χ2v) is 6.29. The fraction of sp³-hybridized carbons (Fsp3) is 0.750. The topological polar surface area (TPSA) is 85.8 Å². The molecule has 106 valence electrons. The van der Waals surface area contributed by atoms with Gasteiger partial charge >= 0.3 is 0 Å². The lowest BCUT2D eigenvalue weighted by Crippen LogP contribution is -2.33. The quantitative estimate of drug-likeness (QED) is 0.800. The minimum absolute atomic E-state index is 0.129. The van der Waals surface area contributed by atoms with E-state index in [2.05, 4.69) is 22.6 Å². The molecule has 1 aliphatic carbocycles. The highest BCUT2D eigenvalue weighted by Crippen LogP contribution is 2.29. The molecule has 2 rings (SSSR count). The average molecular weight is 283 g/mol. The molecular formula is C12H21N5OS. The van der Waals surface area contributed by atoms with E-state index >= 15 is 0 Å². The maximum Gasteiger partial charge on any atom is 0.273 e. The van der Waals surface area contributed by atoms with E-state index in [4.69, 9.17) is 5.73 Å². The maximum absolute atomic E-state index is 12.0. The lowest BCUT2D eigenvalue weighted by molar-refractivity contribution is 0.0933. The summed E-state index contributed by atoms with van der Waals surface area (Å²) in [5.41, 5.74) is 5.81. The Morgan fingerprint density at radius 3 is 3.21 bits per heavy atom. The summed E-state index contributed by atoms with van der Waals surface area (Å²) in [6, 6.07) is 0.274. The molecule has 2 atom stereocenters. The molecule has 19 heavy (non-hydrogen) atoms. The number of carbonyl (C=O) groups excluding carboxylic acids is 1. The van der Waals surface area contributed by atoms with Crippen LogP contribution in [0.15, 0.2) is 6.20 Å². The van der Waals surface area contributed by atoms with Crippen LogP contribution in [0.1, 0.15) is 36.7 Å². The first kappa shape index (κ1) is 14.3. The zero-order chi connectivity index (χ0) is 13.7. The summed E-state index contributed by atoms with van der Waals surface area (Å²) in [6.45, 7) is 3.24. The predicted octanol–water partition coefficient (Wildman–Crippen LogP) is 0.641. The molecule has 1 amide bonds. The number of thioether (sulfide) groups is 1. The van der Waals surface area contributed by atoms with Crippen LogP contribution in [0.4, 0.5) is 0 Å². The second kappa shape index (κ2) is 6.91. The number of hydrogen-bond acceptors (Lipinski definition) is 5. The molecule has 1 aromatic heterocycles. The monoisotopic (exact) mass is 283 g/mol. The number of nitrogens with two attached hydrogens (primary N) is 1. The van der Waals surface area contributed by atoms with Gasteiger partial charge in [0.05, 0.1) is 12.7 Å². The molecule has 1 heterocycles. The summed E-state index contributed by atoms with van der Waals surface area (Å²) in [7, 11) is 0. The summed E-state index contributed by atoms with van der Waals surface area (Å²) in [4.78, 5) is 12.0. The van der Waals surface area contributed by atoms with Crippen molar-refractivity contribution < 1.29 is 4.79 Å². The number of nitrogens with zero attached hydrogens (tertiary/aromatic N) is 3. The molecule has 1 aliphatic rings. The van der Waals surface area contributed by atoms with Crippen molar-refractivity contribution in [2.45, 2.75) is 44.0 Å². The van der Waals surface area contributed by atoms with Crippen LogP contribution in [0, 0.1) is 0 Å². The summed E-state index contributed by atoms with van der Waals surface area (Å²) >= 11 is 1.98. The maximum atomic E-state index is 12.0. The third kappa shape index (κ3) is 3.94. The average Bonchev–Trinajstić information content (AvgIpc) is 3.00. The second-order valence-electron chi connectivity index (χ2n) is 4.72. The summed E-state index contributed by atoms with van der Waals surface area (Å²) in [5.74, 6) is 1.01. The highest BCUT2D eigenvalue weighted by atomic mass is 32.2. The van der Waals surface area contributed by atoms with Crippen molar-refractivity contribution in [2.24, 2.45) is 5.73 Å². The van der Waals surface area contributed by atoms with E-state index in [0.29, 0.717) is 24.0 Å². The van der Waals surface area contributed by atoms with Gasteiger partial charge in [0.15, 0.2) is 5.69 Å². The van der Waals surface area contributed by atoms with E-state index in [0.717, 1.165) is 18.6 Å². The van der Waals surface area contributed by atoms with Crippen molar-refractivity contribution in [3.8, 4) is 0 Å². The number of rotatable bonds is 6. The van der Waals surface area contributed by atoms with Crippen LogP contribution in [0.5, 0.6) is 0 Å². The predicted molar refractivity (Wildman–Crippen MR) is 76.1 cm³/mol. The van der Waals surface area contributed by atoms with Crippen LogP contribution in [0.25, 0.3) is 0 Å². The molecule has 7 heteroatoms. The van der Waals surface area contributed by atoms with E-state index in [1.54, 1.807) is 10.9 Å². The van der Waals surface area contributed by atoms with Crippen molar-refractivity contribution in [1.82, 2.24) is 20.3 Å². The third-order valence-corrected chi connectivity index (χ3v) is 4.48. The van der Waals surface area contributed by atoms with Gasteiger partial charge in [-0.05, 0) is 25.0 Å². The Balaban J connectivity index is 1.83. The highest BCUT2D eigenvalue weighted by molar-refractivity contribution is 7.99. The van der Waals surface area contributed by atoms with E-state index in [1.807, 2.05) is 11.8 Å². The van der Waals surface area contributed by atoms with Gasteiger partial charge in [-0.1, -0.05) is 12.1 Å². The van der Waals surface area contributed by atoms with Gasteiger partial charge in [-0.3, -0.25) is 9.48 Å². The first-order valence-corrected chi connectivity index (χ1v) is 7.80. The molecule has 1 fully saturated rings. The largest absolute Gasteiger partial charge is 0.348 e. The highest BCUT2D eigenvalue weighted by Gasteiger charge is 2.26. The van der Waals surface area contributed by atoms with E-state index in [1.165, 1.54) is 6.42 Å². The number of aromatic nitrogens is 3. The first-order chi connectivity index (χ1) is 9.22. The van der Waals surface area contributed by atoms with Crippen LogP contribution in [-0.4, -0.2) is 44.5 Å². The number of amides is 1.